The normalized spacial score (nSPS) is 18.8. The Bertz CT molecular complexity index is 510. The van der Waals surface area contributed by atoms with Crippen molar-refractivity contribution in [1.82, 2.24) is 10.2 Å². The third-order valence-electron chi connectivity index (χ3n) is 3.48. The van der Waals surface area contributed by atoms with E-state index in [2.05, 4.69) is 5.32 Å². The Morgan fingerprint density at radius 1 is 1.29 bits per heavy atom. The van der Waals surface area contributed by atoms with Crippen LogP contribution in [0.3, 0.4) is 0 Å². The molecule has 118 valence electrons. The second kappa shape index (κ2) is 6.71. The van der Waals surface area contributed by atoms with Gasteiger partial charge in [-0.05, 0) is 12.1 Å². The monoisotopic (exact) mass is 342 g/mol. The average molecular weight is 343 g/mol. The molecule has 2 N–H and O–H groups in total. The molecule has 0 radical (unpaired) electrons. The van der Waals surface area contributed by atoms with Gasteiger partial charge in [0.2, 0.25) is 0 Å². The van der Waals surface area contributed by atoms with Gasteiger partial charge in [-0.2, -0.15) is 0 Å². The molecule has 21 heavy (non-hydrogen) atoms. The van der Waals surface area contributed by atoms with Gasteiger partial charge in [0.15, 0.2) is 0 Å². The number of aliphatic hydroxyl groups excluding tert-OH is 1. The van der Waals surface area contributed by atoms with Gasteiger partial charge < -0.3 is 10.4 Å². The van der Waals surface area contributed by atoms with Crippen molar-refractivity contribution in [3.63, 3.8) is 0 Å². The molecule has 1 heterocycles. The molecule has 0 saturated carbocycles. The highest BCUT2D eigenvalue weighted by Crippen LogP contribution is 2.42. The molecule has 1 fully saturated rings. The number of hydrogen-bond donors (Lipinski definition) is 2. The van der Waals surface area contributed by atoms with Crippen molar-refractivity contribution >= 4 is 23.2 Å². The molecule has 0 unspecified atom stereocenters. The Morgan fingerprint density at radius 2 is 1.90 bits per heavy atom. The van der Waals surface area contributed by atoms with Crippen LogP contribution in [0.1, 0.15) is 11.6 Å². The van der Waals surface area contributed by atoms with Gasteiger partial charge in [0.1, 0.15) is 18.5 Å². The third-order valence-corrected chi connectivity index (χ3v) is 4.30. The molecule has 0 spiro atoms. The van der Waals surface area contributed by atoms with Gasteiger partial charge in [0, 0.05) is 31.7 Å². The van der Waals surface area contributed by atoms with Gasteiger partial charge in [0.05, 0.1) is 10.0 Å². The summed E-state index contributed by atoms with van der Waals surface area (Å²) in [5.74, 6) is -4.40. The van der Waals surface area contributed by atoms with Gasteiger partial charge in [-0.15, -0.1) is 0 Å². The second-order valence-corrected chi connectivity index (χ2v) is 5.65. The van der Waals surface area contributed by atoms with E-state index in [9.17, 15) is 13.2 Å². The van der Waals surface area contributed by atoms with Crippen molar-refractivity contribution in [3.05, 3.63) is 33.6 Å². The molecule has 1 aliphatic heterocycles. The van der Waals surface area contributed by atoms with Gasteiger partial charge in [0.25, 0.3) is 5.92 Å². The van der Waals surface area contributed by atoms with Crippen molar-refractivity contribution < 1.29 is 18.3 Å². The lowest BCUT2D eigenvalue weighted by Crippen LogP contribution is -2.51. The first-order valence-corrected chi connectivity index (χ1v) is 7.21. The number of benzene rings is 1. The van der Waals surface area contributed by atoms with Crippen LogP contribution >= 0.6 is 23.2 Å². The first kappa shape index (κ1) is 16.8. The van der Waals surface area contributed by atoms with E-state index in [1.165, 1.54) is 11.0 Å². The van der Waals surface area contributed by atoms with Gasteiger partial charge in [-0.3, -0.25) is 4.90 Å². The van der Waals surface area contributed by atoms with Crippen molar-refractivity contribution in [2.75, 3.05) is 32.8 Å². The van der Waals surface area contributed by atoms with Crippen LogP contribution in [0.25, 0.3) is 0 Å². The molecule has 0 aromatic heterocycles. The first-order valence-electron chi connectivity index (χ1n) is 6.45. The lowest BCUT2D eigenvalue weighted by molar-refractivity contribution is -0.119. The fourth-order valence-corrected chi connectivity index (χ4v) is 2.90. The van der Waals surface area contributed by atoms with E-state index >= 15 is 0 Å². The summed E-state index contributed by atoms with van der Waals surface area (Å²) in [4.78, 5) is 1.41. The number of alkyl halides is 2. The van der Waals surface area contributed by atoms with Crippen LogP contribution in [-0.2, 0) is 0 Å². The second-order valence-electron chi connectivity index (χ2n) is 4.86. The topological polar surface area (TPSA) is 35.5 Å². The smallest absolute Gasteiger partial charge is 0.290 e. The predicted molar refractivity (Wildman–Crippen MR) is 75.6 cm³/mol. The summed E-state index contributed by atoms with van der Waals surface area (Å²) in [5, 5.41) is 11.8. The van der Waals surface area contributed by atoms with E-state index in [1.54, 1.807) is 0 Å². The highest BCUT2D eigenvalue weighted by molar-refractivity contribution is 6.42. The maximum Gasteiger partial charge on any atom is 0.290 e. The molecule has 1 aliphatic rings. The molecule has 0 bridgehead atoms. The minimum atomic E-state index is -3.54. The van der Waals surface area contributed by atoms with Crippen LogP contribution in [0.15, 0.2) is 12.1 Å². The SMILES string of the molecule is OCC(F)(F)[C@H](c1c(F)ccc(Cl)c1Cl)N1CCNCC1. The maximum absolute atomic E-state index is 14.2. The van der Waals surface area contributed by atoms with Crippen molar-refractivity contribution in [2.24, 2.45) is 0 Å². The van der Waals surface area contributed by atoms with Crippen molar-refractivity contribution in [2.45, 2.75) is 12.0 Å². The highest BCUT2D eigenvalue weighted by atomic mass is 35.5. The van der Waals surface area contributed by atoms with Gasteiger partial charge in [-0.1, -0.05) is 23.2 Å². The number of halogens is 5. The highest BCUT2D eigenvalue weighted by Gasteiger charge is 2.46. The van der Waals surface area contributed by atoms with Crippen LogP contribution in [0.2, 0.25) is 10.0 Å². The molecule has 2 rings (SSSR count). The molecule has 1 atom stereocenters. The van der Waals surface area contributed by atoms with Crippen LogP contribution in [0.4, 0.5) is 13.2 Å². The van der Waals surface area contributed by atoms with Crippen LogP contribution in [0, 0.1) is 5.82 Å². The minimum absolute atomic E-state index is 0.00180. The summed E-state index contributed by atoms with van der Waals surface area (Å²) in [7, 11) is 0. The lowest BCUT2D eigenvalue weighted by Gasteiger charge is -2.39. The number of nitrogens with zero attached hydrogens (tertiary/aromatic N) is 1. The molecule has 0 aliphatic carbocycles. The molecular weight excluding hydrogens is 328 g/mol. The molecule has 1 saturated heterocycles. The quantitative estimate of drug-likeness (QED) is 0.826. The minimum Gasteiger partial charge on any atom is -0.390 e. The standard InChI is InChI=1S/C13H15Cl2F3N2O/c14-8-1-2-9(16)10(11(8)15)12(13(17,18)7-21)20-5-3-19-4-6-20/h1-2,12,19,21H,3-7H2/t12-/m0/s1. The zero-order valence-corrected chi connectivity index (χ0v) is 12.6. The molecule has 1 aromatic carbocycles. The summed E-state index contributed by atoms with van der Waals surface area (Å²) < 4.78 is 42.5. The fraction of sp³-hybridized carbons (Fsp3) is 0.538. The van der Waals surface area contributed by atoms with Crippen molar-refractivity contribution in [3.8, 4) is 0 Å². The van der Waals surface area contributed by atoms with Crippen LogP contribution in [0.5, 0.6) is 0 Å². The molecule has 0 amide bonds. The largest absolute Gasteiger partial charge is 0.390 e. The van der Waals surface area contributed by atoms with Gasteiger partial charge in [-0.25, -0.2) is 13.2 Å². The number of piperazine rings is 1. The Morgan fingerprint density at radius 3 is 2.48 bits per heavy atom. The van der Waals surface area contributed by atoms with Gasteiger partial charge >= 0.3 is 0 Å². The van der Waals surface area contributed by atoms with Crippen molar-refractivity contribution in [1.29, 1.82) is 0 Å². The fourth-order valence-electron chi connectivity index (χ4n) is 2.48. The predicted octanol–water partition coefficient (Wildman–Crippen LogP) is 2.71. The average Bonchev–Trinajstić information content (AvgIpc) is 2.48. The summed E-state index contributed by atoms with van der Waals surface area (Å²) in [6.07, 6.45) is 0. The van der Waals surface area contributed by atoms with E-state index in [0.717, 1.165) is 6.07 Å². The maximum atomic E-state index is 14.2. The number of rotatable bonds is 4. The van der Waals surface area contributed by atoms with E-state index < -0.39 is 24.4 Å². The molecule has 1 aromatic rings. The van der Waals surface area contributed by atoms with E-state index in [0.29, 0.717) is 26.2 Å². The summed E-state index contributed by atoms with van der Waals surface area (Å²) in [6.45, 7) is 0.185. The summed E-state index contributed by atoms with van der Waals surface area (Å²) in [5.41, 5.74) is -0.370. The van der Waals surface area contributed by atoms with Crippen LogP contribution in [-0.4, -0.2) is 48.7 Å². The van der Waals surface area contributed by atoms with E-state index in [-0.39, 0.29) is 15.6 Å². The number of nitrogens with one attached hydrogen (secondary N) is 1. The zero-order valence-electron chi connectivity index (χ0n) is 11.1. The number of aliphatic hydroxyl groups is 1. The summed E-state index contributed by atoms with van der Waals surface area (Å²) in [6, 6.07) is 0.566. The Hall–Kier alpha value is -0.530. The number of hydrogen-bond acceptors (Lipinski definition) is 3. The summed E-state index contributed by atoms with van der Waals surface area (Å²) >= 11 is 11.8. The van der Waals surface area contributed by atoms with E-state index in [1.807, 2.05) is 0 Å². The molecule has 3 nitrogen and oxygen atoms in total. The Kier molecular flexibility index (Phi) is 5.38. The Labute approximate surface area is 130 Å². The first-order chi connectivity index (χ1) is 9.88. The Balaban J connectivity index is 2.52. The lowest BCUT2D eigenvalue weighted by atomic mass is 9.97. The molecular formula is C13H15Cl2F3N2O. The van der Waals surface area contributed by atoms with E-state index in [4.69, 9.17) is 28.3 Å². The third kappa shape index (κ3) is 3.46. The zero-order chi connectivity index (χ0) is 15.6. The van der Waals surface area contributed by atoms with Crippen LogP contribution < -0.4 is 5.32 Å². The molecule has 8 heteroatoms.